The van der Waals surface area contributed by atoms with Crippen molar-refractivity contribution in [3.63, 3.8) is 0 Å². The van der Waals surface area contributed by atoms with Gasteiger partial charge >= 0.3 is 0 Å². The zero-order valence-corrected chi connectivity index (χ0v) is 14.5. The van der Waals surface area contributed by atoms with Crippen molar-refractivity contribution in [3.05, 3.63) is 28.8 Å². The molecule has 21 heavy (non-hydrogen) atoms. The second kappa shape index (κ2) is 9.87. The number of hydrogen-bond donors (Lipinski definition) is 1. The van der Waals surface area contributed by atoms with Crippen molar-refractivity contribution in [2.75, 3.05) is 0 Å². The minimum Gasteiger partial charge on any atom is -0.507 e. The second-order valence-electron chi connectivity index (χ2n) is 6.61. The summed E-state index contributed by atoms with van der Waals surface area (Å²) in [7, 11) is 0. The molecular weight excluding hydrogens is 256 g/mol. The van der Waals surface area contributed by atoms with Gasteiger partial charge < -0.3 is 5.11 Å². The molecule has 0 aliphatic rings. The van der Waals surface area contributed by atoms with Gasteiger partial charge in [-0.05, 0) is 42.9 Å². The van der Waals surface area contributed by atoms with Crippen molar-refractivity contribution in [2.45, 2.75) is 91.4 Å². The Labute approximate surface area is 131 Å². The van der Waals surface area contributed by atoms with E-state index in [1.54, 1.807) is 0 Å². The standard InChI is InChI=1S/C20H34O/c1-5-6-7-8-9-10-11-12-13-17(3)19-15-14-16(2)18(4)20(19)21/h14-15,17,21H,5-13H2,1-4H3. The molecule has 120 valence electrons. The van der Waals surface area contributed by atoms with Crippen LogP contribution in [0.1, 0.15) is 94.2 Å². The maximum Gasteiger partial charge on any atom is 0.122 e. The Morgan fingerprint density at radius 3 is 2.10 bits per heavy atom. The zero-order chi connectivity index (χ0) is 15.7. The fraction of sp³-hybridized carbons (Fsp3) is 0.700. The minimum absolute atomic E-state index is 0.462. The Balaban J connectivity index is 2.25. The summed E-state index contributed by atoms with van der Waals surface area (Å²) in [4.78, 5) is 0. The third kappa shape index (κ3) is 6.11. The summed E-state index contributed by atoms with van der Waals surface area (Å²) < 4.78 is 0. The lowest BCUT2D eigenvalue weighted by atomic mass is 9.91. The van der Waals surface area contributed by atoms with Gasteiger partial charge in [-0.2, -0.15) is 0 Å². The molecule has 0 saturated carbocycles. The number of unbranched alkanes of at least 4 members (excludes halogenated alkanes) is 7. The predicted octanol–water partition coefficient (Wildman–Crippen LogP) is 6.64. The summed E-state index contributed by atoms with van der Waals surface area (Å²) in [5.74, 6) is 0.978. The molecule has 1 atom stereocenters. The molecule has 0 saturated heterocycles. The Bertz CT molecular complexity index is 409. The molecule has 0 aliphatic heterocycles. The van der Waals surface area contributed by atoms with E-state index in [4.69, 9.17) is 0 Å². The molecule has 1 aromatic rings. The Morgan fingerprint density at radius 2 is 1.48 bits per heavy atom. The highest BCUT2D eigenvalue weighted by molar-refractivity contribution is 5.45. The quantitative estimate of drug-likeness (QED) is 0.479. The van der Waals surface area contributed by atoms with Crippen molar-refractivity contribution in [1.82, 2.24) is 0 Å². The number of phenolic OH excluding ortho intramolecular Hbond substituents is 1. The molecule has 0 aliphatic carbocycles. The van der Waals surface area contributed by atoms with Crippen LogP contribution in [0.25, 0.3) is 0 Å². The predicted molar refractivity (Wildman–Crippen MR) is 93.2 cm³/mol. The SMILES string of the molecule is CCCCCCCCCCC(C)c1ccc(C)c(C)c1O. The average Bonchev–Trinajstić information content (AvgIpc) is 2.47. The molecule has 0 radical (unpaired) electrons. The van der Waals surface area contributed by atoms with Crippen LogP contribution in [-0.2, 0) is 0 Å². The van der Waals surface area contributed by atoms with Gasteiger partial charge in [-0.1, -0.05) is 77.3 Å². The molecule has 1 unspecified atom stereocenters. The van der Waals surface area contributed by atoms with Gasteiger partial charge in [-0.3, -0.25) is 0 Å². The average molecular weight is 290 g/mol. The maximum atomic E-state index is 10.3. The second-order valence-corrected chi connectivity index (χ2v) is 6.61. The van der Waals surface area contributed by atoms with Gasteiger partial charge in [0.1, 0.15) is 5.75 Å². The first-order valence-electron chi connectivity index (χ1n) is 8.87. The first kappa shape index (κ1) is 18.1. The molecular formula is C20H34O. The summed E-state index contributed by atoms with van der Waals surface area (Å²) in [5, 5.41) is 10.3. The van der Waals surface area contributed by atoms with Crippen LogP contribution in [0.5, 0.6) is 5.75 Å². The molecule has 0 fully saturated rings. The third-order valence-corrected chi connectivity index (χ3v) is 4.75. The molecule has 0 amide bonds. The van der Waals surface area contributed by atoms with Gasteiger partial charge in [0.05, 0.1) is 0 Å². The van der Waals surface area contributed by atoms with Gasteiger partial charge in [-0.15, -0.1) is 0 Å². The van der Waals surface area contributed by atoms with Crippen LogP contribution in [0.4, 0.5) is 0 Å². The Kier molecular flexibility index (Phi) is 8.49. The molecule has 1 rings (SSSR count). The van der Waals surface area contributed by atoms with Crippen molar-refractivity contribution >= 4 is 0 Å². The first-order valence-corrected chi connectivity index (χ1v) is 8.87. The number of hydrogen-bond acceptors (Lipinski definition) is 1. The Morgan fingerprint density at radius 1 is 0.905 bits per heavy atom. The molecule has 1 heteroatoms. The number of aromatic hydroxyl groups is 1. The van der Waals surface area contributed by atoms with E-state index < -0.39 is 0 Å². The van der Waals surface area contributed by atoms with Crippen molar-refractivity contribution in [1.29, 1.82) is 0 Å². The van der Waals surface area contributed by atoms with Gasteiger partial charge in [-0.25, -0.2) is 0 Å². The fourth-order valence-electron chi connectivity index (χ4n) is 2.96. The number of aryl methyl sites for hydroxylation is 1. The van der Waals surface area contributed by atoms with Crippen molar-refractivity contribution in [2.24, 2.45) is 0 Å². The molecule has 1 aromatic carbocycles. The van der Waals surface area contributed by atoms with E-state index >= 15 is 0 Å². The van der Waals surface area contributed by atoms with Crippen molar-refractivity contribution in [3.8, 4) is 5.75 Å². The van der Waals surface area contributed by atoms with E-state index in [9.17, 15) is 5.11 Å². The van der Waals surface area contributed by atoms with Gasteiger partial charge in [0.2, 0.25) is 0 Å². The fourth-order valence-corrected chi connectivity index (χ4v) is 2.96. The lowest BCUT2D eigenvalue weighted by Crippen LogP contribution is -1.97. The van der Waals surface area contributed by atoms with E-state index in [1.165, 1.54) is 63.4 Å². The number of rotatable bonds is 10. The molecule has 0 bridgehead atoms. The van der Waals surface area contributed by atoms with Crippen LogP contribution >= 0.6 is 0 Å². The summed E-state index contributed by atoms with van der Waals surface area (Å²) in [6.07, 6.45) is 12.1. The normalized spacial score (nSPS) is 12.6. The minimum atomic E-state index is 0.462. The van der Waals surface area contributed by atoms with Crippen LogP contribution in [0.2, 0.25) is 0 Å². The zero-order valence-electron chi connectivity index (χ0n) is 14.5. The largest absolute Gasteiger partial charge is 0.507 e. The van der Waals surface area contributed by atoms with E-state index in [0.717, 1.165) is 11.1 Å². The van der Waals surface area contributed by atoms with Crippen LogP contribution in [-0.4, -0.2) is 5.11 Å². The van der Waals surface area contributed by atoms with Crippen LogP contribution in [0.15, 0.2) is 12.1 Å². The first-order chi connectivity index (χ1) is 10.1. The van der Waals surface area contributed by atoms with E-state index in [-0.39, 0.29) is 0 Å². The molecule has 1 nitrogen and oxygen atoms in total. The summed E-state index contributed by atoms with van der Waals surface area (Å²) in [6, 6.07) is 4.24. The molecule has 0 aromatic heterocycles. The van der Waals surface area contributed by atoms with Crippen LogP contribution < -0.4 is 0 Å². The van der Waals surface area contributed by atoms with E-state index in [0.29, 0.717) is 11.7 Å². The van der Waals surface area contributed by atoms with Crippen LogP contribution in [0, 0.1) is 13.8 Å². The lowest BCUT2D eigenvalue weighted by Gasteiger charge is -2.16. The summed E-state index contributed by atoms with van der Waals surface area (Å²) in [5.41, 5.74) is 3.34. The van der Waals surface area contributed by atoms with Gasteiger partial charge in [0, 0.05) is 0 Å². The molecule has 0 spiro atoms. The highest BCUT2D eigenvalue weighted by atomic mass is 16.3. The lowest BCUT2D eigenvalue weighted by molar-refractivity contribution is 0.452. The summed E-state index contributed by atoms with van der Waals surface area (Å²) >= 11 is 0. The van der Waals surface area contributed by atoms with E-state index in [1.807, 2.05) is 6.92 Å². The van der Waals surface area contributed by atoms with E-state index in [2.05, 4.69) is 32.9 Å². The maximum absolute atomic E-state index is 10.3. The monoisotopic (exact) mass is 290 g/mol. The molecule has 0 heterocycles. The van der Waals surface area contributed by atoms with Gasteiger partial charge in [0.25, 0.3) is 0 Å². The van der Waals surface area contributed by atoms with Crippen LogP contribution in [0.3, 0.4) is 0 Å². The Hall–Kier alpha value is -0.980. The topological polar surface area (TPSA) is 20.2 Å². The number of phenols is 1. The smallest absolute Gasteiger partial charge is 0.122 e. The highest BCUT2D eigenvalue weighted by Crippen LogP contribution is 2.33. The van der Waals surface area contributed by atoms with Crippen molar-refractivity contribution < 1.29 is 5.11 Å². The van der Waals surface area contributed by atoms with Gasteiger partial charge in [0.15, 0.2) is 0 Å². The summed E-state index contributed by atoms with van der Waals surface area (Å²) in [6.45, 7) is 8.58. The third-order valence-electron chi connectivity index (χ3n) is 4.75. The molecule has 1 N–H and O–H groups in total. The number of benzene rings is 1. The highest BCUT2D eigenvalue weighted by Gasteiger charge is 2.12.